The minimum absolute atomic E-state index is 0. The Morgan fingerprint density at radius 2 is 1.83 bits per heavy atom. The van der Waals surface area contributed by atoms with Gasteiger partial charge in [-0.05, 0) is 43.2 Å². The van der Waals surface area contributed by atoms with E-state index in [9.17, 15) is 8.42 Å². The first kappa shape index (κ1) is 24.6. The van der Waals surface area contributed by atoms with E-state index in [1.54, 1.807) is 0 Å². The highest BCUT2D eigenvalue weighted by molar-refractivity contribution is 8.20. The third kappa shape index (κ3) is 6.42. The first-order valence-corrected chi connectivity index (χ1v) is 12.6. The van der Waals surface area contributed by atoms with Crippen molar-refractivity contribution in [3.63, 3.8) is 0 Å². The van der Waals surface area contributed by atoms with Crippen LogP contribution < -0.4 is 4.72 Å². The summed E-state index contributed by atoms with van der Waals surface area (Å²) in [5.41, 5.74) is 1.80. The highest BCUT2D eigenvalue weighted by Crippen LogP contribution is 2.60. The molecule has 29 heavy (non-hydrogen) atoms. The van der Waals surface area contributed by atoms with E-state index in [0.29, 0.717) is 5.69 Å². The predicted octanol–water partition coefficient (Wildman–Crippen LogP) is 4.53. The molecule has 2 aliphatic heterocycles. The summed E-state index contributed by atoms with van der Waals surface area (Å²) in [4.78, 5) is 9.39. The molecule has 3 heterocycles. The zero-order valence-corrected chi connectivity index (χ0v) is 20.1. The summed E-state index contributed by atoms with van der Waals surface area (Å²) in [5, 5.41) is 0. The standard InChI is InChI=1S/C19H23N3O2S3.2ClH/c1-27(23,24)21-16-5-6-17-18(14-16)26-19(25-17)8-12-22(13-9-19)11-7-15-4-2-3-10-20-15;;/h2-6,10,14,21H,7-9,11-13H2,1H3;2*1H. The van der Waals surface area contributed by atoms with Gasteiger partial charge in [-0.3, -0.25) is 9.71 Å². The van der Waals surface area contributed by atoms with Gasteiger partial charge in [0.25, 0.3) is 0 Å². The number of nitrogens with zero attached hydrogens (tertiary/aromatic N) is 2. The monoisotopic (exact) mass is 493 g/mol. The topological polar surface area (TPSA) is 62.3 Å². The van der Waals surface area contributed by atoms with Crippen LogP contribution in [-0.4, -0.2) is 48.3 Å². The van der Waals surface area contributed by atoms with Crippen molar-refractivity contribution >= 4 is 64.0 Å². The summed E-state index contributed by atoms with van der Waals surface area (Å²) < 4.78 is 25.7. The fourth-order valence-electron chi connectivity index (χ4n) is 3.51. The number of rotatable bonds is 5. The normalized spacial score (nSPS) is 17.8. The van der Waals surface area contributed by atoms with Crippen LogP contribution in [0.3, 0.4) is 0 Å². The Morgan fingerprint density at radius 1 is 1.10 bits per heavy atom. The molecule has 0 radical (unpaired) electrons. The Kier molecular flexibility index (Phi) is 8.59. The average molecular weight is 495 g/mol. The van der Waals surface area contributed by atoms with Gasteiger partial charge in [0.1, 0.15) is 0 Å². The number of thioether (sulfide) groups is 2. The average Bonchev–Trinajstić information content (AvgIpc) is 2.98. The molecule has 2 aliphatic rings. The van der Waals surface area contributed by atoms with Crippen LogP contribution in [0.2, 0.25) is 0 Å². The minimum atomic E-state index is -3.24. The maximum atomic E-state index is 11.5. The summed E-state index contributed by atoms with van der Waals surface area (Å²) in [6.45, 7) is 3.24. The van der Waals surface area contributed by atoms with Crippen LogP contribution in [0.4, 0.5) is 5.69 Å². The third-order valence-corrected chi connectivity index (χ3v) is 8.80. The molecule has 1 aromatic carbocycles. The zero-order chi connectivity index (χ0) is 18.9. The van der Waals surface area contributed by atoms with Gasteiger partial charge in [0.05, 0.1) is 10.3 Å². The van der Waals surface area contributed by atoms with Crippen molar-refractivity contribution in [2.75, 3.05) is 30.6 Å². The van der Waals surface area contributed by atoms with Gasteiger partial charge in [0, 0.05) is 53.4 Å². The van der Waals surface area contributed by atoms with Gasteiger partial charge in [-0.2, -0.15) is 0 Å². The number of anilines is 1. The van der Waals surface area contributed by atoms with E-state index in [0.717, 1.165) is 44.6 Å². The number of benzene rings is 1. The van der Waals surface area contributed by atoms with Crippen LogP contribution >= 0.6 is 48.3 Å². The molecule has 1 spiro atoms. The van der Waals surface area contributed by atoms with Gasteiger partial charge in [-0.25, -0.2) is 8.42 Å². The maximum absolute atomic E-state index is 11.5. The molecule has 2 aromatic rings. The molecule has 0 saturated carbocycles. The number of halogens is 2. The van der Waals surface area contributed by atoms with E-state index in [1.807, 2.05) is 60.1 Å². The van der Waals surface area contributed by atoms with Gasteiger partial charge in [0.15, 0.2) is 0 Å². The van der Waals surface area contributed by atoms with Gasteiger partial charge < -0.3 is 4.90 Å². The van der Waals surface area contributed by atoms with Crippen molar-refractivity contribution in [1.82, 2.24) is 9.88 Å². The van der Waals surface area contributed by atoms with Crippen molar-refractivity contribution in [2.24, 2.45) is 0 Å². The molecular formula is C19H25Cl2N3O2S3. The number of aromatic nitrogens is 1. The second kappa shape index (κ2) is 10.1. The largest absolute Gasteiger partial charge is 0.303 e. The van der Waals surface area contributed by atoms with E-state index < -0.39 is 10.0 Å². The van der Waals surface area contributed by atoms with Crippen LogP contribution in [-0.2, 0) is 16.4 Å². The molecule has 0 amide bonds. The van der Waals surface area contributed by atoms with Crippen LogP contribution in [0.25, 0.3) is 0 Å². The van der Waals surface area contributed by atoms with Gasteiger partial charge in [-0.1, -0.05) is 6.07 Å². The maximum Gasteiger partial charge on any atom is 0.229 e. The fourth-order valence-corrected chi connectivity index (χ4v) is 7.25. The molecule has 4 rings (SSSR count). The lowest BCUT2D eigenvalue weighted by Gasteiger charge is -2.37. The molecule has 0 bridgehead atoms. The Bertz CT molecular complexity index is 922. The second-order valence-electron chi connectivity index (χ2n) is 7.06. The number of fused-ring (bicyclic) bond motifs is 1. The number of piperidine rings is 1. The summed E-state index contributed by atoms with van der Waals surface area (Å²) in [6, 6.07) is 12.0. The molecule has 5 nitrogen and oxygen atoms in total. The lowest BCUT2D eigenvalue weighted by Crippen LogP contribution is -2.40. The van der Waals surface area contributed by atoms with Crippen molar-refractivity contribution in [3.8, 4) is 0 Å². The lowest BCUT2D eigenvalue weighted by atomic mass is 10.1. The molecule has 160 valence electrons. The molecule has 0 unspecified atom stereocenters. The SMILES string of the molecule is CS(=O)(=O)Nc1ccc2c(c1)SC1(CCN(CCc3ccccn3)CC1)S2.Cl.Cl. The van der Waals surface area contributed by atoms with Crippen LogP contribution in [0.15, 0.2) is 52.4 Å². The smallest absolute Gasteiger partial charge is 0.229 e. The number of hydrogen-bond donors (Lipinski definition) is 1. The Hall–Kier alpha value is -0.640. The molecule has 1 saturated heterocycles. The number of likely N-dealkylation sites (tertiary alicyclic amines) is 1. The first-order chi connectivity index (χ1) is 12.9. The highest BCUT2D eigenvalue weighted by Gasteiger charge is 2.41. The summed E-state index contributed by atoms with van der Waals surface area (Å²) >= 11 is 3.85. The van der Waals surface area contributed by atoms with Crippen molar-refractivity contribution in [3.05, 3.63) is 48.3 Å². The summed E-state index contributed by atoms with van der Waals surface area (Å²) in [5.74, 6) is 0. The van der Waals surface area contributed by atoms with Crippen molar-refractivity contribution in [1.29, 1.82) is 0 Å². The van der Waals surface area contributed by atoms with Crippen molar-refractivity contribution in [2.45, 2.75) is 33.1 Å². The van der Waals surface area contributed by atoms with Crippen molar-refractivity contribution < 1.29 is 8.42 Å². The molecule has 1 aromatic heterocycles. The third-order valence-electron chi connectivity index (χ3n) is 4.87. The van der Waals surface area contributed by atoms with E-state index in [2.05, 4.69) is 20.7 Å². The Labute approximate surface area is 193 Å². The van der Waals surface area contributed by atoms with Crippen LogP contribution in [0.1, 0.15) is 18.5 Å². The van der Waals surface area contributed by atoms with Gasteiger partial charge in [-0.15, -0.1) is 48.3 Å². The highest BCUT2D eigenvalue weighted by atomic mass is 35.5. The van der Waals surface area contributed by atoms with E-state index in [-0.39, 0.29) is 28.9 Å². The number of hydrogen-bond acceptors (Lipinski definition) is 6. The predicted molar refractivity (Wildman–Crippen MR) is 127 cm³/mol. The number of sulfonamides is 1. The van der Waals surface area contributed by atoms with Crippen LogP contribution in [0, 0.1) is 0 Å². The molecule has 0 atom stereocenters. The van der Waals surface area contributed by atoms with Gasteiger partial charge >= 0.3 is 0 Å². The molecule has 1 N–H and O–H groups in total. The van der Waals surface area contributed by atoms with E-state index in [4.69, 9.17) is 0 Å². The molecular weight excluding hydrogens is 469 g/mol. The number of nitrogens with one attached hydrogen (secondary N) is 1. The Balaban J connectivity index is 0.00000150. The summed E-state index contributed by atoms with van der Waals surface area (Å²) in [6.07, 6.45) is 6.30. The quantitative estimate of drug-likeness (QED) is 0.659. The lowest BCUT2D eigenvalue weighted by molar-refractivity contribution is 0.228. The van der Waals surface area contributed by atoms with E-state index in [1.165, 1.54) is 16.0 Å². The minimum Gasteiger partial charge on any atom is -0.303 e. The fraction of sp³-hybridized carbons (Fsp3) is 0.421. The zero-order valence-electron chi connectivity index (χ0n) is 16.0. The van der Waals surface area contributed by atoms with E-state index >= 15 is 0 Å². The molecule has 0 aliphatic carbocycles. The Morgan fingerprint density at radius 3 is 2.48 bits per heavy atom. The molecule has 1 fully saturated rings. The second-order valence-corrected chi connectivity index (χ2v) is 11.9. The van der Waals surface area contributed by atoms with Gasteiger partial charge in [0.2, 0.25) is 10.0 Å². The summed E-state index contributed by atoms with van der Waals surface area (Å²) in [7, 11) is -3.24. The molecule has 10 heteroatoms. The van der Waals surface area contributed by atoms with Crippen LogP contribution in [0.5, 0.6) is 0 Å². The first-order valence-electron chi connectivity index (χ1n) is 9.03. The number of pyridine rings is 1.